The fourth-order valence-corrected chi connectivity index (χ4v) is 4.82. The second-order valence-corrected chi connectivity index (χ2v) is 8.69. The Kier molecular flexibility index (Phi) is 5.82. The van der Waals surface area contributed by atoms with E-state index in [9.17, 15) is 0 Å². The molecular formula is C20H26S2. The van der Waals surface area contributed by atoms with Gasteiger partial charge in [-0.2, -0.15) is 0 Å². The van der Waals surface area contributed by atoms with Crippen LogP contribution in [0.3, 0.4) is 0 Å². The second kappa shape index (κ2) is 7.43. The first kappa shape index (κ1) is 17.2. The molecule has 22 heavy (non-hydrogen) atoms. The topological polar surface area (TPSA) is 0 Å². The zero-order valence-electron chi connectivity index (χ0n) is 14.4. The van der Waals surface area contributed by atoms with Gasteiger partial charge in [0.1, 0.15) is 0 Å². The van der Waals surface area contributed by atoms with Crippen molar-refractivity contribution in [2.75, 3.05) is 0 Å². The third-order valence-corrected chi connectivity index (χ3v) is 5.80. The predicted molar refractivity (Wildman–Crippen MR) is 105 cm³/mol. The minimum atomic E-state index is 0.569. The molecule has 2 rings (SSSR count). The average molecular weight is 331 g/mol. The molecule has 0 atom stereocenters. The number of aryl methyl sites for hydroxylation is 1. The summed E-state index contributed by atoms with van der Waals surface area (Å²) < 4.78 is 0. The first-order valence-electron chi connectivity index (χ1n) is 7.97. The van der Waals surface area contributed by atoms with E-state index < -0.39 is 0 Å². The second-order valence-electron chi connectivity index (χ2n) is 6.29. The molecule has 0 aliphatic carbocycles. The summed E-state index contributed by atoms with van der Waals surface area (Å²) in [6.07, 6.45) is 8.93. The van der Waals surface area contributed by atoms with E-state index in [1.54, 1.807) is 0 Å². The van der Waals surface area contributed by atoms with E-state index in [0.29, 0.717) is 11.8 Å². The Morgan fingerprint density at radius 2 is 1.41 bits per heavy atom. The summed E-state index contributed by atoms with van der Waals surface area (Å²) in [6, 6.07) is 4.67. The molecule has 0 N–H and O–H groups in total. The van der Waals surface area contributed by atoms with E-state index in [1.165, 1.54) is 30.6 Å². The van der Waals surface area contributed by atoms with E-state index in [0.717, 1.165) is 0 Å². The lowest BCUT2D eigenvalue weighted by Gasteiger charge is -2.02. The van der Waals surface area contributed by atoms with Crippen LogP contribution in [-0.4, -0.2) is 0 Å². The van der Waals surface area contributed by atoms with E-state index in [4.69, 9.17) is 0 Å². The summed E-state index contributed by atoms with van der Waals surface area (Å²) >= 11 is 3.78. The molecule has 0 aliphatic rings. The van der Waals surface area contributed by atoms with Crippen LogP contribution in [-0.2, 0) is 0 Å². The zero-order chi connectivity index (χ0) is 16.3. The summed E-state index contributed by atoms with van der Waals surface area (Å²) in [5.74, 6) is 1.15. The lowest BCUT2D eigenvalue weighted by molar-refractivity contribution is 0.869. The summed E-state index contributed by atoms with van der Waals surface area (Å²) in [6.45, 7) is 13.3. The van der Waals surface area contributed by atoms with Gasteiger partial charge in [-0.05, 0) is 67.2 Å². The largest absolute Gasteiger partial charge is 0.141 e. The lowest BCUT2D eigenvalue weighted by atomic mass is 10.0. The fraction of sp³-hybridized carbons (Fsp3) is 0.400. The van der Waals surface area contributed by atoms with Gasteiger partial charge in [-0.25, -0.2) is 0 Å². The molecule has 0 fully saturated rings. The van der Waals surface area contributed by atoms with Crippen molar-refractivity contribution in [2.24, 2.45) is 0 Å². The van der Waals surface area contributed by atoms with Crippen molar-refractivity contribution in [1.29, 1.82) is 0 Å². The smallest absolute Gasteiger partial charge is 0.0308 e. The van der Waals surface area contributed by atoms with Crippen molar-refractivity contribution < 1.29 is 0 Å². The maximum Gasteiger partial charge on any atom is 0.0308 e. The van der Waals surface area contributed by atoms with Crippen LogP contribution in [0.15, 0.2) is 18.2 Å². The van der Waals surface area contributed by atoms with Gasteiger partial charge in [0.15, 0.2) is 0 Å². The average Bonchev–Trinajstić information content (AvgIpc) is 3.00. The number of hydrogen-bond acceptors (Lipinski definition) is 2. The molecule has 0 saturated heterocycles. The van der Waals surface area contributed by atoms with Crippen LogP contribution in [0.2, 0.25) is 0 Å². The Balaban J connectivity index is 2.33. The number of rotatable bonds is 5. The van der Waals surface area contributed by atoms with Gasteiger partial charge < -0.3 is 0 Å². The van der Waals surface area contributed by atoms with E-state index >= 15 is 0 Å². The van der Waals surface area contributed by atoms with Crippen molar-refractivity contribution in [3.8, 4) is 0 Å². The Hall–Kier alpha value is -1.12. The molecule has 0 spiro atoms. The summed E-state index contributed by atoms with van der Waals surface area (Å²) in [7, 11) is 0. The van der Waals surface area contributed by atoms with Crippen molar-refractivity contribution in [2.45, 2.75) is 53.4 Å². The first-order valence-corrected chi connectivity index (χ1v) is 9.60. The van der Waals surface area contributed by atoms with E-state index in [1.807, 2.05) is 22.7 Å². The zero-order valence-corrected chi connectivity index (χ0v) is 16.1. The van der Waals surface area contributed by atoms with Gasteiger partial charge in [-0.1, -0.05) is 33.8 Å². The minimum absolute atomic E-state index is 0.569. The molecular weight excluding hydrogens is 304 g/mol. The Morgan fingerprint density at radius 3 is 2.00 bits per heavy atom. The monoisotopic (exact) mass is 330 g/mol. The van der Waals surface area contributed by atoms with Crippen molar-refractivity contribution >= 4 is 40.9 Å². The molecule has 0 aliphatic heterocycles. The van der Waals surface area contributed by atoms with Crippen molar-refractivity contribution in [3.05, 3.63) is 48.8 Å². The Morgan fingerprint density at radius 1 is 0.818 bits per heavy atom. The molecule has 2 heterocycles. The first-order chi connectivity index (χ1) is 10.4. The summed E-state index contributed by atoms with van der Waals surface area (Å²) in [5, 5.41) is 0. The number of thiophene rings is 2. The molecule has 0 unspecified atom stereocenters. The predicted octanol–water partition coefficient (Wildman–Crippen LogP) is 7.57. The molecule has 0 aromatic carbocycles. The minimum Gasteiger partial charge on any atom is -0.141 e. The van der Waals surface area contributed by atoms with Gasteiger partial charge in [0.2, 0.25) is 0 Å². The molecule has 118 valence electrons. The van der Waals surface area contributed by atoms with Crippen LogP contribution in [0.5, 0.6) is 0 Å². The molecule has 0 nitrogen and oxygen atoms in total. The molecule has 2 aromatic rings. The van der Waals surface area contributed by atoms with Crippen LogP contribution in [0.1, 0.15) is 77.1 Å². The summed E-state index contributed by atoms with van der Waals surface area (Å²) in [4.78, 5) is 5.53. The third kappa shape index (κ3) is 3.99. The highest BCUT2D eigenvalue weighted by molar-refractivity contribution is 7.14. The van der Waals surface area contributed by atoms with Crippen LogP contribution in [0.25, 0.3) is 18.2 Å². The molecule has 0 radical (unpaired) electrons. The van der Waals surface area contributed by atoms with Crippen LogP contribution in [0.4, 0.5) is 0 Å². The molecule has 0 saturated carbocycles. The van der Waals surface area contributed by atoms with Crippen LogP contribution < -0.4 is 0 Å². The molecule has 2 heteroatoms. The van der Waals surface area contributed by atoms with Gasteiger partial charge in [0, 0.05) is 19.5 Å². The highest BCUT2D eigenvalue weighted by Gasteiger charge is 2.10. The van der Waals surface area contributed by atoms with Gasteiger partial charge in [0.25, 0.3) is 0 Å². The van der Waals surface area contributed by atoms with Crippen molar-refractivity contribution in [1.82, 2.24) is 0 Å². The van der Waals surface area contributed by atoms with E-state index in [-0.39, 0.29) is 0 Å². The Labute approximate surface area is 143 Å². The van der Waals surface area contributed by atoms with Gasteiger partial charge in [0.05, 0.1) is 0 Å². The lowest BCUT2D eigenvalue weighted by Crippen LogP contribution is -1.85. The fourth-order valence-electron chi connectivity index (χ4n) is 2.55. The van der Waals surface area contributed by atoms with Gasteiger partial charge in [-0.3, -0.25) is 0 Å². The SMILES string of the molecule is C/C=C/c1sc(/C=C/c2sc(C)cc2C(C)C)cc1C(C)C. The van der Waals surface area contributed by atoms with Gasteiger partial charge >= 0.3 is 0 Å². The molecule has 0 bridgehead atoms. The maximum atomic E-state index is 2.34. The molecule has 2 aromatic heterocycles. The Bertz CT molecular complexity index is 679. The number of allylic oxidation sites excluding steroid dienone is 1. The summed E-state index contributed by atoms with van der Waals surface area (Å²) in [5.41, 5.74) is 2.92. The molecule has 0 amide bonds. The standard InChI is InChI=1S/C20H26S2/c1-7-8-19-18(14(4)5)12-16(22-19)9-10-20-17(13(2)3)11-15(6)21-20/h7-14H,1-6H3/b8-7+,10-9+. The number of hydrogen-bond donors (Lipinski definition) is 0. The van der Waals surface area contributed by atoms with Crippen LogP contribution in [0, 0.1) is 6.92 Å². The third-order valence-electron chi connectivity index (χ3n) is 3.69. The van der Waals surface area contributed by atoms with Crippen LogP contribution >= 0.6 is 22.7 Å². The highest BCUT2D eigenvalue weighted by Crippen LogP contribution is 2.33. The van der Waals surface area contributed by atoms with Gasteiger partial charge in [-0.15, -0.1) is 22.7 Å². The van der Waals surface area contributed by atoms with Crippen molar-refractivity contribution in [3.63, 3.8) is 0 Å². The maximum absolute atomic E-state index is 2.34. The normalized spacial score (nSPS) is 12.5. The highest BCUT2D eigenvalue weighted by atomic mass is 32.1. The van der Waals surface area contributed by atoms with E-state index in [2.05, 4.69) is 78.0 Å². The quantitative estimate of drug-likeness (QED) is 0.530.